The molecule has 0 spiro atoms. The number of nitrogens with one attached hydrogen (secondary N) is 1. The molecule has 0 radical (unpaired) electrons. The Labute approximate surface area is 167 Å². The first-order valence-electron chi connectivity index (χ1n) is 9.87. The van der Waals surface area contributed by atoms with Crippen LogP contribution in [0.4, 0.5) is 0 Å². The molecule has 29 heavy (non-hydrogen) atoms. The topological polar surface area (TPSA) is 87.9 Å². The fourth-order valence-electron chi connectivity index (χ4n) is 4.05. The van der Waals surface area contributed by atoms with Crippen LogP contribution in [0.2, 0.25) is 0 Å². The first-order valence-corrected chi connectivity index (χ1v) is 9.87. The van der Waals surface area contributed by atoms with Gasteiger partial charge in [0.15, 0.2) is 5.82 Å². The lowest BCUT2D eigenvalue weighted by Gasteiger charge is -2.32. The van der Waals surface area contributed by atoms with Crippen LogP contribution in [-0.4, -0.2) is 44.0 Å². The first kappa shape index (κ1) is 17.6. The van der Waals surface area contributed by atoms with E-state index in [1.54, 1.807) is 6.20 Å². The number of hydrogen-bond acceptors (Lipinski definition) is 5. The Morgan fingerprint density at radius 3 is 3.07 bits per heavy atom. The molecule has 0 saturated carbocycles. The van der Waals surface area contributed by atoms with Gasteiger partial charge in [0.05, 0.1) is 0 Å². The van der Waals surface area contributed by atoms with E-state index >= 15 is 0 Å². The summed E-state index contributed by atoms with van der Waals surface area (Å²) in [5, 5.41) is 5.09. The van der Waals surface area contributed by atoms with E-state index in [1.807, 2.05) is 53.6 Å². The van der Waals surface area contributed by atoms with Gasteiger partial charge in [-0.15, -0.1) is 0 Å². The number of nitrogens with zero attached hydrogens (tertiary/aromatic N) is 4. The van der Waals surface area contributed by atoms with Crippen molar-refractivity contribution in [2.24, 2.45) is 5.92 Å². The number of likely N-dealkylation sites (tertiary alicyclic amines) is 1. The molecule has 1 amide bonds. The zero-order chi connectivity index (χ0) is 19.6. The SMILES string of the molecule is O=C(c1cccc2[nH]ccc12)N1CCCC(Cc2noc(-c3ccccn3)n2)C1. The van der Waals surface area contributed by atoms with Crippen LogP contribution in [0.15, 0.2) is 59.4 Å². The Bertz CT molecular complexity index is 1130. The van der Waals surface area contributed by atoms with Crippen LogP contribution in [0.25, 0.3) is 22.5 Å². The fourth-order valence-corrected chi connectivity index (χ4v) is 4.05. The van der Waals surface area contributed by atoms with Gasteiger partial charge in [-0.25, -0.2) is 0 Å². The fraction of sp³-hybridized carbons (Fsp3) is 0.273. The van der Waals surface area contributed by atoms with Crippen molar-refractivity contribution in [1.29, 1.82) is 0 Å². The molecule has 1 aromatic carbocycles. The van der Waals surface area contributed by atoms with Crippen molar-refractivity contribution < 1.29 is 9.32 Å². The maximum Gasteiger partial charge on any atom is 0.276 e. The monoisotopic (exact) mass is 387 g/mol. The third kappa shape index (κ3) is 3.51. The molecule has 7 nitrogen and oxygen atoms in total. The van der Waals surface area contributed by atoms with Crippen molar-refractivity contribution >= 4 is 16.8 Å². The van der Waals surface area contributed by atoms with Gasteiger partial charge in [0.2, 0.25) is 0 Å². The molecule has 0 aliphatic carbocycles. The van der Waals surface area contributed by atoms with E-state index in [0.717, 1.165) is 35.9 Å². The number of H-pyrrole nitrogens is 1. The maximum absolute atomic E-state index is 13.2. The highest BCUT2D eigenvalue weighted by Crippen LogP contribution is 2.25. The van der Waals surface area contributed by atoms with E-state index in [-0.39, 0.29) is 5.91 Å². The molecule has 1 unspecified atom stereocenters. The molecule has 1 atom stereocenters. The zero-order valence-electron chi connectivity index (χ0n) is 15.9. The number of carbonyl (C=O) groups excluding carboxylic acids is 1. The molecule has 1 saturated heterocycles. The number of pyridine rings is 1. The molecule has 3 aromatic heterocycles. The van der Waals surface area contributed by atoms with E-state index in [0.29, 0.717) is 36.3 Å². The molecule has 146 valence electrons. The van der Waals surface area contributed by atoms with E-state index in [4.69, 9.17) is 4.52 Å². The minimum Gasteiger partial charge on any atom is -0.361 e. The Kier molecular flexibility index (Phi) is 4.56. The number of carbonyl (C=O) groups is 1. The van der Waals surface area contributed by atoms with Crippen molar-refractivity contribution in [3.05, 3.63) is 66.2 Å². The third-order valence-electron chi connectivity index (χ3n) is 5.45. The van der Waals surface area contributed by atoms with Crippen LogP contribution in [0.1, 0.15) is 29.0 Å². The van der Waals surface area contributed by atoms with Gasteiger partial charge in [0.25, 0.3) is 11.8 Å². The summed E-state index contributed by atoms with van der Waals surface area (Å²) >= 11 is 0. The average molecular weight is 387 g/mol. The molecule has 0 bridgehead atoms. The zero-order valence-corrected chi connectivity index (χ0v) is 15.9. The summed E-state index contributed by atoms with van der Waals surface area (Å²) < 4.78 is 5.37. The molecule has 4 aromatic rings. The number of amides is 1. The predicted molar refractivity (Wildman–Crippen MR) is 108 cm³/mol. The quantitative estimate of drug-likeness (QED) is 0.577. The second-order valence-electron chi connectivity index (χ2n) is 7.44. The number of hydrogen-bond donors (Lipinski definition) is 1. The summed E-state index contributed by atoms with van der Waals surface area (Å²) in [7, 11) is 0. The third-order valence-corrected chi connectivity index (χ3v) is 5.45. The van der Waals surface area contributed by atoms with Crippen LogP contribution in [0.5, 0.6) is 0 Å². The van der Waals surface area contributed by atoms with Gasteiger partial charge in [-0.05, 0) is 49.1 Å². The number of aromatic amines is 1. The number of rotatable bonds is 4. The number of piperidine rings is 1. The van der Waals surface area contributed by atoms with Crippen LogP contribution < -0.4 is 0 Å². The van der Waals surface area contributed by atoms with E-state index < -0.39 is 0 Å². The normalized spacial score (nSPS) is 17.0. The minimum atomic E-state index is 0.0854. The van der Waals surface area contributed by atoms with Crippen LogP contribution in [0.3, 0.4) is 0 Å². The Morgan fingerprint density at radius 1 is 1.21 bits per heavy atom. The summed E-state index contributed by atoms with van der Waals surface area (Å²) in [5.74, 6) is 1.50. The lowest BCUT2D eigenvalue weighted by atomic mass is 9.94. The summed E-state index contributed by atoms with van der Waals surface area (Å²) in [6.07, 6.45) is 6.29. The molecule has 4 heterocycles. The van der Waals surface area contributed by atoms with Gasteiger partial charge in [-0.2, -0.15) is 4.98 Å². The van der Waals surface area contributed by atoms with Crippen molar-refractivity contribution in [1.82, 2.24) is 25.0 Å². The molecule has 7 heteroatoms. The standard InChI is InChI=1S/C22H21N5O2/c28-22(17-6-3-8-18-16(17)9-11-24-18)27-12-4-5-15(14-27)13-20-25-21(29-26-20)19-7-1-2-10-23-19/h1-3,6-11,15,24H,4-5,12-14H2. The average Bonchev–Trinajstić information content (AvgIpc) is 3.43. The van der Waals surface area contributed by atoms with Crippen molar-refractivity contribution in [2.75, 3.05) is 13.1 Å². The molecular formula is C22H21N5O2. The van der Waals surface area contributed by atoms with Crippen LogP contribution >= 0.6 is 0 Å². The molecule has 1 fully saturated rings. The van der Waals surface area contributed by atoms with Crippen LogP contribution in [-0.2, 0) is 6.42 Å². The second kappa shape index (κ2) is 7.50. The van der Waals surface area contributed by atoms with E-state index in [9.17, 15) is 4.79 Å². The summed E-state index contributed by atoms with van der Waals surface area (Å²) in [5.41, 5.74) is 2.41. The van der Waals surface area contributed by atoms with E-state index in [1.165, 1.54) is 0 Å². The highest BCUT2D eigenvalue weighted by atomic mass is 16.5. The highest BCUT2D eigenvalue weighted by molar-refractivity contribution is 6.06. The number of benzene rings is 1. The van der Waals surface area contributed by atoms with Gasteiger partial charge in [-0.3, -0.25) is 9.78 Å². The molecule has 1 aliphatic rings. The Balaban J connectivity index is 1.29. The van der Waals surface area contributed by atoms with Crippen molar-refractivity contribution in [3.8, 4) is 11.6 Å². The minimum absolute atomic E-state index is 0.0854. The molecule has 1 N–H and O–H groups in total. The molecule has 5 rings (SSSR count). The maximum atomic E-state index is 13.2. The Hall–Kier alpha value is -3.48. The first-order chi connectivity index (χ1) is 14.3. The lowest BCUT2D eigenvalue weighted by molar-refractivity contribution is 0.0674. The smallest absolute Gasteiger partial charge is 0.276 e. The van der Waals surface area contributed by atoms with Crippen LogP contribution in [0, 0.1) is 5.92 Å². The van der Waals surface area contributed by atoms with Crippen molar-refractivity contribution in [2.45, 2.75) is 19.3 Å². The van der Waals surface area contributed by atoms with Gasteiger partial charge < -0.3 is 14.4 Å². The molecule has 1 aliphatic heterocycles. The van der Waals surface area contributed by atoms with Gasteiger partial charge >= 0.3 is 0 Å². The summed E-state index contributed by atoms with van der Waals surface area (Å²) in [6, 6.07) is 13.4. The largest absolute Gasteiger partial charge is 0.361 e. The molecular weight excluding hydrogens is 366 g/mol. The Morgan fingerprint density at radius 2 is 2.17 bits per heavy atom. The second-order valence-corrected chi connectivity index (χ2v) is 7.44. The van der Waals surface area contributed by atoms with Crippen molar-refractivity contribution in [3.63, 3.8) is 0 Å². The van der Waals surface area contributed by atoms with Gasteiger partial charge in [-0.1, -0.05) is 17.3 Å². The number of fused-ring (bicyclic) bond motifs is 1. The number of aromatic nitrogens is 4. The highest BCUT2D eigenvalue weighted by Gasteiger charge is 2.27. The summed E-state index contributed by atoms with van der Waals surface area (Å²) in [4.78, 5) is 27.0. The van der Waals surface area contributed by atoms with E-state index in [2.05, 4.69) is 20.1 Å². The predicted octanol–water partition coefficient (Wildman–Crippen LogP) is 3.71. The van der Waals surface area contributed by atoms with Gasteiger partial charge in [0.1, 0.15) is 5.69 Å². The van der Waals surface area contributed by atoms with Gasteiger partial charge in [0, 0.05) is 48.4 Å². The summed E-state index contributed by atoms with van der Waals surface area (Å²) in [6.45, 7) is 1.48. The lowest BCUT2D eigenvalue weighted by Crippen LogP contribution is -2.40.